The summed E-state index contributed by atoms with van der Waals surface area (Å²) in [4.78, 5) is 15.2. The van der Waals surface area contributed by atoms with Crippen LogP contribution in [-0.2, 0) is 17.6 Å². The van der Waals surface area contributed by atoms with Crippen molar-refractivity contribution in [3.8, 4) is 0 Å². The molecule has 0 unspecified atom stereocenters. The molecule has 0 spiro atoms. The molecule has 3 aromatic rings. The summed E-state index contributed by atoms with van der Waals surface area (Å²) in [5, 5.41) is 4.96. The Hall–Kier alpha value is -2.26. The van der Waals surface area contributed by atoms with E-state index in [1.165, 1.54) is 10.9 Å². The lowest BCUT2D eigenvalue weighted by atomic mass is 10.1. The number of aromatic nitrogens is 1. The highest BCUT2D eigenvalue weighted by molar-refractivity contribution is 6.30. The Morgan fingerprint density at radius 3 is 2.83 bits per heavy atom. The number of fused-ring (bicyclic) bond motifs is 1. The molecule has 0 fully saturated rings. The zero-order valence-corrected chi connectivity index (χ0v) is 14.3. The Kier molecular flexibility index (Phi) is 5.55. The summed E-state index contributed by atoms with van der Waals surface area (Å²) in [6.07, 6.45) is 5.15. The van der Waals surface area contributed by atoms with Gasteiger partial charge in [0.15, 0.2) is 0 Å². The second-order valence-electron chi connectivity index (χ2n) is 5.94. The molecule has 0 saturated heterocycles. The van der Waals surface area contributed by atoms with Crippen LogP contribution in [0.1, 0.15) is 24.0 Å². The molecule has 2 N–H and O–H groups in total. The van der Waals surface area contributed by atoms with E-state index in [9.17, 15) is 4.79 Å². The second-order valence-corrected chi connectivity index (χ2v) is 6.38. The van der Waals surface area contributed by atoms with Crippen LogP contribution < -0.4 is 5.32 Å². The van der Waals surface area contributed by atoms with Crippen LogP contribution in [0.4, 0.5) is 0 Å². The van der Waals surface area contributed by atoms with Gasteiger partial charge in [-0.1, -0.05) is 41.9 Å². The lowest BCUT2D eigenvalue weighted by Gasteiger charge is -2.06. The number of amides is 1. The van der Waals surface area contributed by atoms with Gasteiger partial charge in [0.25, 0.3) is 0 Å². The van der Waals surface area contributed by atoms with Crippen molar-refractivity contribution in [1.82, 2.24) is 10.3 Å². The zero-order valence-electron chi connectivity index (χ0n) is 13.5. The van der Waals surface area contributed by atoms with Crippen molar-refractivity contribution in [3.63, 3.8) is 0 Å². The number of aryl methyl sites for hydroxylation is 1. The van der Waals surface area contributed by atoms with E-state index in [-0.39, 0.29) is 5.91 Å². The first-order chi connectivity index (χ1) is 11.7. The van der Waals surface area contributed by atoms with Crippen LogP contribution in [0.15, 0.2) is 54.7 Å². The normalized spacial score (nSPS) is 10.9. The topological polar surface area (TPSA) is 44.9 Å². The zero-order chi connectivity index (χ0) is 16.8. The molecule has 2 aromatic carbocycles. The molecule has 0 saturated carbocycles. The van der Waals surface area contributed by atoms with E-state index in [1.807, 2.05) is 42.6 Å². The van der Waals surface area contributed by atoms with Gasteiger partial charge in [0, 0.05) is 35.1 Å². The second kappa shape index (κ2) is 8.02. The maximum atomic E-state index is 11.9. The highest BCUT2D eigenvalue weighted by atomic mass is 35.5. The number of hydrogen-bond acceptors (Lipinski definition) is 1. The summed E-state index contributed by atoms with van der Waals surface area (Å²) in [7, 11) is 0. The lowest BCUT2D eigenvalue weighted by molar-refractivity contribution is -0.121. The highest BCUT2D eigenvalue weighted by Gasteiger charge is 2.05. The Morgan fingerprint density at radius 2 is 1.96 bits per heavy atom. The maximum Gasteiger partial charge on any atom is 0.220 e. The van der Waals surface area contributed by atoms with Crippen LogP contribution in [0.3, 0.4) is 0 Å². The quantitative estimate of drug-likeness (QED) is 0.653. The number of para-hydroxylation sites is 1. The molecule has 0 radical (unpaired) electrons. The van der Waals surface area contributed by atoms with Crippen molar-refractivity contribution in [3.05, 3.63) is 70.9 Å². The lowest BCUT2D eigenvalue weighted by Crippen LogP contribution is -2.25. The van der Waals surface area contributed by atoms with E-state index < -0.39 is 0 Å². The van der Waals surface area contributed by atoms with Crippen LogP contribution in [0.2, 0.25) is 5.02 Å². The predicted octanol–water partition coefficient (Wildman–Crippen LogP) is 4.50. The molecular formula is C20H21ClN2O. The van der Waals surface area contributed by atoms with E-state index in [4.69, 9.17) is 11.6 Å². The fraction of sp³-hybridized carbons (Fsp3) is 0.250. The molecule has 0 aliphatic carbocycles. The monoisotopic (exact) mass is 340 g/mol. The molecule has 3 rings (SSSR count). The predicted molar refractivity (Wildman–Crippen MR) is 99.4 cm³/mol. The number of halogens is 1. The Balaban J connectivity index is 1.40. The minimum atomic E-state index is 0.108. The van der Waals surface area contributed by atoms with E-state index in [0.29, 0.717) is 13.0 Å². The van der Waals surface area contributed by atoms with Crippen molar-refractivity contribution >= 4 is 28.4 Å². The van der Waals surface area contributed by atoms with E-state index in [2.05, 4.69) is 22.4 Å². The fourth-order valence-corrected chi connectivity index (χ4v) is 3.12. The van der Waals surface area contributed by atoms with E-state index in [0.717, 1.165) is 35.4 Å². The first kappa shape index (κ1) is 16.6. The number of carbonyl (C=O) groups excluding carboxylic acids is 1. The summed E-state index contributed by atoms with van der Waals surface area (Å²) < 4.78 is 0. The third-order valence-corrected chi connectivity index (χ3v) is 4.38. The van der Waals surface area contributed by atoms with Crippen molar-refractivity contribution in [1.29, 1.82) is 0 Å². The van der Waals surface area contributed by atoms with Gasteiger partial charge in [0.05, 0.1) is 0 Å². The largest absolute Gasteiger partial charge is 0.361 e. The number of carbonyl (C=O) groups is 1. The number of nitrogens with one attached hydrogen (secondary N) is 2. The van der Waals surface area contributed by atoms with E-state index >= 15 is 0 Å². The Morgan fingerprint density at radius 1 is 1.08 bits per heavy atom. The van der Waals surface area contributed by atoms with Gasteiger partial charge < -0.3 is 10.3 Å². The van der Waals surface area contributed by atoms with Crippen LogP contribution in [-0.4, -0.2) is 17.4 Å². The van der Waals surface area contributed by atoms with Crippen LogP contribution in [0.5, 0.6) is 0 Å². The molecule has 1 aromatic heterocycles. The minimum absolute atomic E-state index is 0.108. The van der Waals surface area contributed by atoms with Crippen LogP contribution in [0, 0.1) is 0 Å². The van der Waals surface area contributed by atoms with E-state index in [1.54, 1.807) is 0 Å². The summed E-state index contributed by atoms with van der Waals surface area (Å²) in [5.74, 6) is 0.108. The molecule has 1 heterocycles. The Bertz CT molecular complexity index is 825. The first-order valence-corrected chi connectivity index (χ1v) is 8.66. The van der Waals surface area contributed by atoms with Crippen LogP contribution >= 0.6 is 11.6 Å². The molecule has 24 heavy (non-hydrogen) atoms. The average molecular weight is 341 g/mol. The van der Waals surface area contributed by atoms with Crippen LogP contribution in [0.25, 0.3) is 10.9 Å². The third-order valence-electron chi connectivity index (χ3n) is 4.15. The summed E-state index contributed by atoms with van der Waals surface area (Å²) >= 11 is 5.96. The van der Waals surface area contributed by atoms with Gasteiger partial charge in [0.2, 0.25) is 5.91 Å². The van der Waals surface area contributed by atoms with Gasteiger partial charge in [-0.05, 0) is 48.6 Å². The van der Waals surface area contributed by atoms with Crippen molar-refractivity contribution < 1.29 is 4.79 Å². The molecule has 0 bridgehead atoms. The van der Waals surface area contributed by atoms with Gasteiger partial charge in [-0.15, -0.1) is 0 Å². The SMILES string of the molecule is O=C(CCCc1c[nH]c2ccccc12)NCCc1cccc(Cl)c1. The minimum Gasteiger partial charge on any atom is -0.361 e. The molecule has 4 heteroatoms. The molecule has 0 aliphatic heterocycles. The van der Waals surface area contributed by atoms with Gasteiger partial charge >= 0.3 is 0 Å². The van der Waals surface area contributed by atoms with Gasteiger partial charge in [-0.3, -0.25) is 4.79 Å². The number of aromatic amines is 1. The number of hydrogen-bond donors (Lipinski definition) is 2. The molecule has 124 valence electrons. The van der Waals surface area contributed by atoms with Crippen molar-refractivity contribution in [2.24, 2.45) is 0 Å². The highest BCUT2D eigenvalue weighted by Crippen LogP contribution is 2.19. The summed E-state index contributed by atoms with van der Waals surface area (Å²) in [6.45, 7) is 0.645. The van der Waals surface area contributed by atoms with Gasteiger partial charge in [-0.25, -0.2) is 0 Å². The number of H-pyrrole nitrogens is 1. The maximum absolute atomic E-state index is 11.9. The molecule has 0 aliphatic rings. The molecular weight excluding hydrogens is 320 g/mol. The molecule has 1 amide bonds. The summed E-state index contributed by atoms with van der Waals surface area (Å²) in [6, 6.07) is 16.0. The fourth-order valence-electron chi connectivity index (χ4n) is 2.90. The standard InChI is InChI=1S/C20H21ClN2O/c21-17-7-3-5-15(13-17)11-12-22-20(24)10-4-6-16-14-23-19-9-2-1-8-18(16)19/h1-3,5,7-9,13-14,23H,4,6,10-12H2,(H,22,24). The number of rotatable bonds is 7. The average Bonchev–Trinajstić information content (AvgIpc) is 2.98. The van der Waals surface area contributed by atoms with Gasteiger partial charge in [0.1, 0.15) is 0 Å². The number of benzene rings is 2. The Labute approximate surface area is 147 Å². The molecule has 3 nitrogen and oxygen atoms in total. The molecule has 0 atom stereocenters. The van der Waals surface area contributed by atoms with Crippen molar-refractivity contribution in [2.45, 2.75) is 25.7 Å². The van der Waals surface area contributed by atoms with Gasteiger partial charge in [-0.2, -0.15) is 0 Å². The third kappa shape index (κ3) is 4.39. The first-order valence-electron chi connectivity index (χ1n) is 8.28. The van der Waals surface area contributed by atoms with Crippen molar-refractivity contribution in [2.75, 3.05) is 6.54 Å². The summed E-state index contributed by atoms with van der Waals surface area (Å²) in [5.41, 5.74) is 3.57. The smallest absolute Gasteiger partial charge is 0.220 e.